The quantitative estimate of drug-likeness (QED) is 0.625. The van der Waals surface area contributed by atoms with Gasteiger partial charge in [0.2, 0.25) is 0 Å². The summed E-state index contributed by atoms with van der Waals surface area (Å²) in [7, 11) is 3.21. The second kappa shape index (κ2) is 5.65. The molecule has 0 saturated carbocycles. The zero-order valence-electron chi connectivity index (χ0n) is 8.84. The first-order valence-electron chi connectivity index (χ1n) is 4.69. The lowest BCUT2D eigenvalue weighted by Gasteiger charge is -2.19. The molecule has 1 rings (SSSR count). The maximum atomic E-state index is 9.82. The van der Waals surface area contributed by atoms with Crippen LogP contribution in [-0.2, 0) is 0 Å². The predicted octanol–water partition coefficient (Wildman–Crippen LogP) is -0.296. The standard InChI is InChI=1S/C10H16N2O3/c1-11-6-8(13)10(14)7-5-12-4-3-9(7)15-2/h3-5,8,10-11,13-14H,6H2,1-2H3. The van der Waals surface area contributed by atoms with Crippen LogP contribution in [0, 0.1) is 0 Å². The summed E-state index contributed by atoms with van der Waals surface area (Å²) in [6.07, 6.45) is 1.18. The summed E-state index contributed by atoms with van der Waals surface area (Å²) >= 11 is 0. The van der Waals surface area contributed by atoms with E-state index in [9.17, 15) is 10.2 Å². The van der Waals surface area contributed by atoms with Gasteiger partial charge in [-0.25, -0.2) is 0 Å². The van der Waals surface area contributed by atoms with E-state index in [0.717, 1.165) is 0 Å². The molecule has 1 aromatic rings. The number of likely N-dealkylation sites (N-methyl/N-ethyl adjacent to an activating group) is 1. The summed E-state index contributed by atoms with van der Waals surface area (Å²) in [4.78, 5) is 3.89. The number of nitrogens with zero attached hydrogens (tertiary/aromatic N) is 1. The number of hydrogen-bond acceptors (Lipinski definition) is 5. The number of methoxy groups -OCH3 is 1. The van der Waals surface area contributed by atoms with Gasteiger partial charge in [-0.1, -0.05) is 0 Å². The molecule has 0 aromatic carbocycles. The van der Waals surface area contributed by atoms with Gasteiger partial charge in [-0.05, 0) is 13.1 Å². The van der Waals surface area contributed by atoms with E-state index in [4.69, 9.17) is 4.74 Å². The van der Waals surface area contributed by atoms with Crippen molar-refractivity contribution in [1.29, 1.82) is 0 Å². The molecule has 1 heterocycles. The molecule has 84 valence electrons. The van der Waals surface area contributed by atoms with Crippen LogP contribution in [0.5, 0.6) is 5.75 Å². The fraction of sp³-hybridized carbons (Fsp3) is 0.500. The number of nitrogens with one attached hydrogen (secondary N) is 1. The van der Waals surface area contributed by atoms with Crippen LogP contribution in [0.3, 0.4) is 0 Å². The molecule has 0 radical (unpaired) electrons. The Hall–Kier alpha value is -1.17. The lowest BCUT2D eigenvalue weighted by molar-refractivity contribution is 0.0186. The van der Waals surface area contributed by atoms with Gasteiger partial charge < -0.3 is 20.3 Å². The Bertz CT molecular complexity index is 306. The first kappa shape index (κ1) is 11.9. The van der Waals surface area contributed by atoms with Gasteiger partial charge in [-0.2, -0.15) is 0 Å². The molecule has 15 heavy (non-hydrogen) atoms. The molecule has 0 fully saturated rings. The predicted molar refractivity (Wildman–Crippen MR) is 55.7 cm³/mol. The summed E-state index contributed by atoms with van der Waals surface area (Å²) < 4.78 is 5.06. The molecule has 0 aliphatic carbocycles. The van der Waals surface area contributed by atoms with Crippen LogP contribution < -0.4 is 10.1 Å². The van der Waals surface area contributed by atoms with Crippen molar-refractivity contribution >= 4 is 0 Å². The summed E-state index contributed by atoms with van der Waals surface area (Å²) in [5, 5.41) is 22.2. The van der Waals surface area contributed by atoms with E-state index in [0.29, 0.717) is 17.9 Å². The molecule has 0 saturated heterocycles. The van der Waals surface area contributed by atoms with Crippen molar-refractivity contribution in [2.24, 2.45) is 0 Å². The number of aromatic nitrogens is 1. The fourth-order valence-electron chi connectivity index (χ4n) is 1.33. The number of pyridine rings is 1. The molecule has 0 amide bonds. The van der Waals surface area contributed by atoms with Gasteiger partial charge in [-0.3, -0.25) is 4.98 Å². The maximum absolute atomic E-state index is 9.82. The van der Waals surface area contributed by atoms with E-state index in [-0.39, 0.29) is 0 Å². The van der Waals surface area contributed by atoms with Crippen molar-refractivity contribution in [3.05, 3.63) is 24.0 Å². The Kier molecular flexibility index (Phi) is 4.48. The van der Waals surface area contributed by atoms with Gasteiger partial charge in [0.25, 0.3) is 0 Å². The Balaban J connectivity index is 2.84. The maximum Gasteiger partial charge on any atom is 0.127 e. The van der Waals surface area contributed by atoms with E-state index in [1.165, 1.54) is 13.3 Å². The largest absolute Gasteiger partial charge is 0.496 e. The summed E-state index contributed by atoms with van der Waals surface area (Å²) in [6.45, 7) is 0.305. The average molecular weight is 212 g/mol. The van der Waals surface area contributed by atoms with Crippen molar-refractivity contribution in [2.75, 3.05) is 20.7 Å². The lowest BCUT2D eigenvalue weighted by Crippen LogP contribution is -2.29. The highest BCUT2D eigenvalue weighted by atomic mass is 16.5. The van der Waals surface area contributed by atoms with Gasteiger partial charge >= 0.3 is 0 Å². The molecule has 0 bridgehead atoms. The van der Waals surface area contributed by atoms with Crippen molar-refractivity contribution in [3.63, 3.8) is 0 Å². The third-order valence-electron chi connectivity index (χ3n) is 2.13. The third kappa shape index (κ3) is 2.89. The minimum absolute atomic E-state index is 0.305. The molecule has 0 spiro atoms. The fourth-order valence-corrected chi connectivity index (χ4v) is 1.33. The molecule has 0 aliphatic heterocycles. The number of rotatable bonds is 5. The van der Waals surface area contributed by atoms with Crippen LogP contribution in [0.15, 0.2) is 18.5 Å². The van der Waals surface area contributed by atoms with E-state index in [1.807, 2.05) is 0 Å². The number of hydrogen-bond donors (Lipinski definition) is 3. The molecule has 2 unspecified atom stereocenters. The highest BCUT2D eigenvalue weighted by Crippen LogP contribution is 2.25. The van der Waals surface area contributed by atoms with Gasteiger partial charge in [0.1, 0.15) is 11.9 Å². The van der Waals surface area contributed by atoms with Crippen LogP contribution in [-0.4, -0.2) is 42.0 Å². The first-order chi connectivity index (χ1) is 7.20. The molecule has 3 N–H and O–H groups in total. The molecule has 5 nitrogen and oxygen atoms in total. The first-order valence-corrected chi connectivity index (χ1v) is 4.69. The summed E-state index contributed by atoms with van der Waals surface area (Å²) in [5.41, 5.74) is 0.489. The summed E-state index contributed by atoms with van der Waals surface area (Å²) in [6, 6.07) is 1.64. The SMILES string of the molecule is CNCC(O)C(O)c1cnccc1OC. The molecular formula is C10H16N2O3. The van der Waals surface area contributed by atoms with Crippen LogP contribution in [0.2, 0.25) is 0 Å². The second-order valence-electron chi connectivity index (χ2n) is 3.19. The molecule has 1 aromatic heterocycles. The number of aliphatic hydroxyl groups excluding tert-OH is 2. The van der Waals surface area contributed by atoms with Crippen molar-refractivity contribution in [2.45, 2.75) is 12.2 Å². The Morgan fingerprint density at radius 3 is 2.87 bits per heavy atom. The molecular weight excluding hydrogens is 196 g/mol. The smallest absolute Gasteiger partial charge is 0.127 e. The van der Waals surface area contributed by atoms with Gasteiger partial charge in [-0.15, -0.1) is 0 Å². The second-order valence-corrected chi connectivity index (χ2v) is 3.19. The minimum Gasteiger partial charge on any atom is -0.496 e. The average Bonchev–Trinajstić information content (AvgIpc) is 2.28. The monoisotopic (exact) mass is 212 g/mol. The highest BCUT2D eigenvalue weighted by Gasteiger charge is 2.21. The normalized spacial score (nSPS) is 14.7. The van der Waals surface area contributed by atoms with E-state index in [2.05, 4.69) is 10.3 Å². The Morgan fingerprint density at radius 2 is 2.27 bits per heavy atom. The Labute approximate surface area is 88.7 Å². The van der Waals surface area contributed by atoms with Crippen molar-refractivity contribution in [3.8, 4) is 5.75 Å². The van der Waals surface area contributed by atoms with Crippen LogP contribution in [0.25, 0.3) is 0 Å². The van der Waals surface area contributed by atoms with Gasteiger partial charge in [0, 0.05) is 24.5 Å². The minimum atomic E-state index is -0.999. The third-order valence-corrected chi connectivity index (χ3v) is 2.13. The topological polar surface area (TPSA) is 74.6 Å². The van der Waals surface area contributed by atoms with E-state index in [1.54, 1.807) is 19.3 Å². The van der Waals surface area contributed by atoms with Gasteiger partial charge in [0.05, 0.1) is 13.2 Å². The molecule has 0 aliphatic rings. The zero-order chi connectivity index (χ0) is 11.3. The highest BCUT2D eigenvalue weighted by molar-refractivity contribution is 5.32. The Morgan fingerprint density at radius 1 is 1.53 bits per heavy atom. The van der Waals surface area contributed by atoms with Gasteiger partial charge in [0.15, 0.2) is 0 Å². The number of aliphatic hydroxyl groups is 2. The number of ether oxygens (including phenoxy) is 1. The van der Waals surface area contributed by atoms with E-state index >= 15 is 0 Å². The van der Waals surface area contributed by atoms with Crippen LogP contribution >= 0.6 is 0 Å². The van der Waals surface area contributed by atoms with Crippen molar-refractivity contribution in [1.82, 2.24) is 10.3 Å². The van der Waals surface area contributed by atoms with Crippen LogP contribution in [0.1, 0.15) is 11.7 Å². The van der Waals surface area contributed by atoms with Crippen LogP contribution in [0.4, 0.5) is 0 Å². The molecule has 5 heteroatoms. The molecule has 2 atom stereocenters. The summed E-state index contributed by atoms with van der Waals surface area (Å²) in [5.74, 6) is 0.521. The van der Waals surface area contributed by atoms with Crippen molar-refractivity contribution < 1.29 is 14.9 Å². The zero-order valence-corrected chi connectivity index (χ0v) is 8.84. The lowest BCUT2D eigenvalue weighted by atomic mass is 10.1. The van der Waals surface area contributed by atoms with E-state index < -0.39 is 12.2 Å².